The van der Waals surface area contributed by atoms with Crippen molar-refractivity contribution in [3.05, 3.63) is 71.0 Å². The molecule has 0 aliphatic carbocycles. The smallest absolute Gasteiger partial charge is 0.285 e. The van der Waals surface area contributed by atoms with Gasteiger partial charge in [-0.3, -0.25) is 20.0 Å². The van der Waals surface area contributed by atoms with Crippen molar-refractivity contribution in [2.75, 3.05) is 7.11 Å². The van der Waals surface area contributed by atoms with Crippen LogP contribution < -0.4 is 10.2 Å². The lowest BCUT2D eigenvalue weighted by atomic mass is 10.2. The lowest BCUT2D eigenvalue weighted by molar-refractivity contribution is -0.123. The summed E-state index contributed by atoms with van der Waals surface area (Å²) in [6.45, 7) is 0. The Kier molecular flexibility index (Phi) is 5.24. The molecule has 1 fully saturated rings. The quantitative estimate of drug-likeness (QED) is 0.511. The van der Waals surface area contributed by atoms with Crippen LogP contribution in [0.4, 0.5) is 0 Å². The van der Waals surface area contributed by atoms with Gasteiger partial charge in [0.1, 0.15) is 11.3 Å². The summed E-state index contributed by atoms with van der Waals surface area (Å²) in [4.78, 5) is 33.9. The summed E-state index contributed by atoms with van der Waals surface area (Å²) < 4.78 is 5.59. The lowest BCUT2D eigenvalue weighted by Gasteiger charge is -2.15. The van der Waals surface area contributed by atoms with Gasteiger partial charge in [-0.1, -0.05) is 30.0 Å². The molecule has 1 saturated heterocycles. The van der Waals surface area contributed by atoms with E-state index in [9.17, 15) is 9.59 Å². The number of hydrogen-bond acceptors (Lipinski definition) is 7. The maximum atomic E-state index is 12.7. The van der Waals surface area contributed by atoms with E-state index < -0.39 is 11.8 Å². The predicted molar refractivity (Wildman–Crippen MR) is 115 cm³/mol. The number of thiocarbonyl (C=S) groups is 1. The zero-order valence-electron chi connectivity index (χ0n) is 15.2. The number of nitrogens with zero attached hydrogens (tertiary/aromatic N) is 3. The number of rotatable bonds is 4. The molecule has 0 bridgehead atoms. The highest BCUT2D eigenvalue weighted by Crippen LogP contribution is 2.32. The van der Waals surface area contributed by atoms with E-state index in [0.29, 0.717) is 27.4 Å². The van der Waals surface area contributed by atoms with Gasteiger partial charge in [-0.15, -0.1) is 0 Å². The minimum atomic E-state index is -0.468. The third-order valence-electron chi connectivity index (χ3n) is 4.13. The van der Waals surface area contributed by atoms with Crippen LogP contribution in [0.1, 0.15) is 16.1 Å². The molecule has 1 aliphatic heterocycles. The Labute approximate surface area is 175 Å². The van der Waals surface area contributed by atoms with Crippen LogP contribution in [0.2, 0.25) is 0 Å². The summed E-state index contributed by atoms with van der Waals surface area (Å²) in [7, 11) is 1.58. The third-order valence-corrected chi connectivity index (χ3v) is 5.44. The molecular weight excluding hydrogens is 408 g/mol. The number of benzene rings is 1. The largest absolute Gasteiger partial charge is 0.494 e. The summed E-state index contributed by atoms with van der Waals surface area (Å²) in [6.07, 6.45) is 4.61. The summed E-state index contributed by atoms with van der Waals surface area (Å²) in [6, 6.07) is 12.6. The first kappa shape index (κ1) is 19.0. The van der Waals surface area contributed by atoms with Gasteiger partial charge in [-0.25, -0.2) is 4.98 Å². The van der Waals surface area contributed by atoms with Gasteiger partial charge in [-0.05, 0) is 42.6 Å². The number of fused-ring (bicyclic) bond motifs is 1. The van der Waals surface area contributed by atoms with Crippen molar-refractivity contribution >= 4 is 57.1 Å². The molecule has 0 atom stereocenters. The highest BCUT2D eigenvalue weighted by molar-refractivity contribution is 8.26. The molecule has 2 amide bonds. The van der Waals surface area contributed by atoms with Crippen molar-refractivity contribution in [1.29, 1.82) is 0 Å². The monoisotopic (exact) mass is 422 g/mol. The van der Waals surface area contributed by atoms with Crippen LogP contribution in [0.5, 0.6) is 5.75 Å². The van der Waals surface area contributed by atoms with E-state index in [2.05, 4.69) is 15.4 Å². The molecule has 7 nitrogen and oxygen atoms in total. The van der Waals surface area contributed by atoms with Crippen LogP contribution in [0.15, 0.2) is 59.8 Å². The van der Waals surface area contributed by atoms with Gasteiger partial charge in [-0.2, -0.15) is 5.01 Å². The SMILES string of the molecule is COc1cccc2ccc(/C=C3\SC(=S)N(NC(=O)c4cccnc4)C3=O)nc12. The van der Waals surface area contributed by atoms with Crippen molar-refractivity contribution in [3.8, 4) is 5.75 Å². The molecule has 2 aromatic heterocycles. The van der Waals surface area contributed by atoms with Gasteiger partial charge in [0, 0.05) is 17.8 Å². The summed E-state index contributed by atoms with van der Waals surface area (Å²) in [5.74, 6) is -0.239. The lowest BCUT2D eigenvalue weighted by Crippen LogP contribution is -2.44. The number of amides is 2. The number of thioether (sulfide) groups is 1. The van der Waals surface area contributed by atoms with Crippen molar-refractivity contribution in [3.63, 3.8) is 0 Å². The average molecular weight is 422 g/mol. The third kappa shape index (κ3) is 3.82. The van der Waals surface area contributed by atoms with Crippen LogP contribution >= 0.6 is 24.0 Å². The Morgan fingerprint density at radius 2 is 2.10 bits per heavy atom. The van der Waals surface area contributed by atoms with Crippen LogP contribution in [0.3, 0.4) is 0 Å². The van der Waals surface area contributed by atoms with E-state index in [1.807, 2.05) is 30.3 Å². The number of hydrazine groups is 1. The number of para-hydroxylation sites is 1. The zero-order valence-corrected chi connectivity index (χ0v) is 16.8. The summed E-state index contributed by atoms with van der Waals surface area (Å²) >= 11 is 6.35. The van der Waals surface area contributed by atoms with Crippen LogP contribution in [0, 0.1) is 0 Å². The number of pyridine rings is 2. The van der Waals surface area contributed by atoms with Gasteiger partial charge < -0.3 is 4.74 Å². The fourth-order valence-electron chi connectivity index (χ4n) is 2.74. The second kappa shape index (κ2) is 7.98. The highest BCUT2D eigenvalue weighted by Gasteiger charge is 2.34. The number of hydrogen-bond donors (Lipinski definition) is 1. The second-order valence-corrected chi connectivity index (χ2v) is 7.64. The van der Waals surface area contributed by atoms with Crippen molar-refractivity contribution < 1.29 is 14.3 Å². The molecule has 144 valence electrons. The molecule has 29 heavy (non-hydrogen) atoms. The molecule has 0 saturated carbocycles. The maximum Gasteiger partial charge on any atom is 0.285 e. The molecule has 0 radical (unpaired) electrons. The summed E-state index contributed by atoms with van der Waals surface area (Å²) in [5, 5.41) is 1.99. The number of aromatic nitrogens is 2. The van der Waals surface area contributed by atoms with Gasteiger partial charge in [0.25, 0.3) is 11.8 Å². The predicted octanol–water partition coefficient (Wildman–Crippen LogP) is 3.18. The molecule has 4 rings (SSSR count). The van der Waals surface area contributed by atoms with E-state index in [1.165, 1.54) is 6.20 Å². The van der Waals surface area contributed by atoms with Gasteiger partial charge in [0.05, 0.1) is 23.3 Å². The standard InChI is InChI=1S/C20H14N4O3S2/c1-27-15-6-2-4-12-7-8-14(22-17(12)15)10-16-19(26)24(20(28)29-16)23-18(25)13-5-3-9-21-11-13/h2-11H,1H3,(H,23,25)/b16-10-. The first-order chi connectivity index (χ1) is 14.1. The number of methoxy groups -OCH3 is 1. The summed E-state index contributed by atoms with van der Waals surface area (Å²) in [5.41, 5.74) is 4.13. The molecule has 1 aromatic carbocycles. The molecule has 3 aromatic rings. The fourth-order valence-corrected chi connectivity index (χ4v) is 3.91. The second-order valence-electron chi connectivity index (χ2n) is 5.97. The molecular formula is C20H14N4O3S2. The Balaban J connectivity index is 1.59. The molecule has 1 aliphatic rings. The Morgan fingerprint density at radius 1 is 1.24 bits per heavy atom. The molecule has 0 unspecified atom stereocenters. The number of carbonyl (C=O) groups is 2. The highest BCUT2D eigenvalue weighted by atomic mass is 32.2. The number of nitrogens with one attached hydrogen (secondary N) is 1. The maximum absolute atomic E-state index is 12.7. The van der Waals surface area contributed by atoms with Gasteiger partial charge in [0.2, 0.25) is 0 Å². The minimum absolute atomic E-state index is 0.233. The van der Waals surface area contributed by atoms with Gasteiger partial charge >= 0.3 is 0 Å². The van der Waals surface area contributed by atoms with E-state index in [-0.39, 0.29) is 4.32 Å². The number of carbonyl (C=O) groups excluding carboxylic acids is 2. The van der Waals surface area contributed by atoms with E-state index in [0.717, 1.165) is 22.2 Å². The molecule has 3 heterocycles. The molecule has 0 spiro atoms. The van der Waals surface area contributed by atoms with Crippen LogP contribution in [0.25, 0.3) is 17.0 Å². The van der Waals surface area contributed by atoms with Crippen molar-refractivity contribution in [2.45, 2.75) is 0 Å². The van der Waals surface area contributed by atoms with Crippen molar-refractivity contribution in [1.82, 2.24) is 20.4 Å². The Bertz CT molecular complexity index is 1160. The van der Waals surface area contributed by atoms with Crippen LogP contribution in [-0.2, 0) is 4.79 Å². The number of ether oxygens (including phenoxy) is 1. The first-order valence-electron chi connectivity index (χ1n) is 8.49. The molecule has 1 N–H and O–H groups in total. The molecule has 9 heteroatoms. The average Bonchev–Trinajstić information content (AvgIpc) is 3.01. The minimum Gasteiger partial charge on any atom is -0.494 e. The van der Waals surface area contributed by atoms with Gasteiger partial charge in [0.15, 0.2) is 4.32 Å². The van der Waals surface area contributed by atoms with Crippen LogP contribution in [-0.4, -0.2) is 38.2 Å². The normalized spacial score (nSPS) is 15.2. The van der Waals surface area contributed by atoms with E-state index >= 15 is 0 Å². The zero-order chi connectivity index (χ0) is 20.4. The fraction of sp³-hybridized carbons (Fsp3) is 0.0500. The first-order valence-corrected chi connectivity index (χ1v) is 9.72. The van der Waals surface area contributed by atoms with Crippen molar-refractivity contribution in [2.24, 2.45) is 0 Å². The topological polar surface area (TPSA) is 84.4 Å². The van der Waals surface area contributed by atoms with E-state index in [4.69, 9.17) is 17.0 Å². The Morgan fingerprint density at radius 3 is 2.86 bits per heavy atom. The Hall–Kier alpha value is -3.30. The van der Waals surface area contributed by atoms with E-state index in [1.54, 1.807) is 31.5 Å².